The number of rotatable bonds is 6. The normalized spacial score (nSPS) is 11.1. The highest BCUT2D eigenvalue weighted by Gasteiger charge is 2.20. The summed E-state index contributed by atoms with van der Waals surface area (Å²) in [5, 5.41) is 4.20. The molecule has 0 saturated heterocycles. The summed E-state index contributed by atoms with van der Waals surface area (Å²) in [4.78, 5) is 21.3. The van der Waals surface area contributed by atoms with Crippen LogP contribution in [-0.2, 0) is 16.0 Å². The van der Waals surface area contributed by atoms with Gasteiger partial charge < -0.3 is 4.74 Å². The molecule has 146 valence electrons. The van der Waals surface area contributed by atoms with Gasteiger partial charge >= 0.3 is 5.97 Å². The van der Waals surface area contributed by atoms with Gasteiger partial charge in [-0.15, -0.1) is 0 Å². The van der Waals surface area contributed by atoms with E-state index < -0.39 is 6.10 Å². The summed E-state index contributed by atoms with van der Waals surface area (Å²) in [5.41, 5.74) is 4.70. The highest BCUT2D eigenvalue weighted by Crippen LogP contribution is 2.26. The fraction of sp³-hybridized carbons (Fsp3) is 0.217. The molecule has 0 saturated carbocycles. The van der Waals surface area contributed by atoms with Crippen molar-refractivity contribution in [1.82, 2.24) is 19.6 Å². The van der Waals surface area contributed by atoms with E-state index in [-0.39, 0.29) is 12.4 Å². The molecule has 6 nitrogen and oxygen atoms in total. The molecule has 0 atom stereocenters. The van der Waals surface area contributed by atoms with Gasteiger partial charge in [0.2, 0.25) is 0 Å². The van der Waals surface area contributed by atoms with Gasteiger partial charge in [-0.05, 0) is 37.0 Å². The van der Waals surface area contributed by atoms with Crippen LogP contribution in [0.25, 0.3) is 5.78 Å². The number of benzene rings is 2. The smallest absolute Gasteiger partial charge is 0.307 e. The van der Waals surface area contributed by atoms with Crippen LogP contribution < -0.4 is 0 Å². The Morgan fingerprint density at radius 3 is 2.24 bits per heavy atom. The van der Waals surface area contributed by atoms with Crippen molar-refractivity contribution in [2.75, 3.05) is 0 Å². The van der Waals surface area contributed by atoms with Gasteiger partial charge in [-0.25, -0.2) is 9.50 Å². The van der Waals surface area contributed by atoms with Crippen molar-refractivity contribution in [3.05, 3.63) is 95.1 Å². The lowest BCUT2D eigenvalue weighted by atomic mass is 10.0. The highest BCUT2D eigenvalue weighted by molar-refractivity contribution is 5.70. The topological polar surface area (TPSA) is 69.4 Å². The quantitative estimate of drug-likeness (QED) is 0.468. The lowest BCUT2D eigenvalue weighted by Crippen LogP contribution is -2.14. The first-order valence-corrected chi connectivity index (χ1v) is 9.58. The summed E-state index contributed by atoms with van der Waals surface area (Å²) in [7, 11) is 0. The zero-order chi connectivity index (χ0) is 20.2. The number of esters is 1. The molecule has 4 rings (SSSR count). The van der Waals surface area contributed by atoms with Gasteiger partial charge in [0.1, 0.15) is 6.33 Å². The summed E-state index contributed by atoms with van der Waals surface area (Å²) in [6.07, 6.45) is 1.86. The third-order valence-electron chi connectivity index (χ3n) is 5.02. The minimum absolute atomic E-state index is 0.250. The van der Waals surface area contributed by atoms with Crippen LogP contribution in [0.5, 0.6) is 0 Å². The van der Waals surface area contributed by atoms with Crippen LogP contribution in [0, 0.1) is 13.8 Å². The molecule has 0 radical (unpaired) electrons. The molecule has 0 spiro atoms. The predicted molar refractivity (Wildman–Crippen MR) is 109 cm³/mol. The minimum atomic E-state index is -0.428. The van der Waals surface area contributed by atoms with E-state index in [4.69, 9.17) is 4.74 Å². The Morgan fingerprint density at radius 1 is 1.00 bits per heavy atom. The number of aryl methyl sites for hydroxylation is 2. The Labute approximate surface area is 169 Å². The number of hydrogen-bond acceptors (Lipinski definition) is 5. The van der Waals surface area contributed by atoms with E-state index in [0.717, 1.165) is 28.1 Å². The molecule has 2 aromatic carbocycles. The summed E-state index contributed by atoms with van der Waals surface area (Å²) < 4.78 is 7.60. The van der Waals surface area contributed by atoms with Crippen LogP contribution in [0.1, 0.15) is 40.6 Å². The van der Waals surface area contributed by atoms with Crippen LogP contribution >= 0.6 is 0 Å². The van der Waals surface area contributed by atoms with Gasteiger partial charge in [0, 0.05) is 17.8 Å². The number of carbonyl (C=O) groups excluding carboxylic acids is 1. The maximum absolute atomic E-state index is 12.7. The molecule has 2 heterocycles. The summed E-state index contributed by atoms with van der Waals surface area (Å²) >= 11 is 0. The molecule has 0 bridgehead atoms. The molecule has 29 heavy (non-hydrogen) atoms. The van der Waals surface area contributed by atoms with Crippen LogP contribution in [0.2, 0.25) is 0 Å². The fourth-order valence-electron chi connectivity index (χ4n) is 3.52. The summed E-state index contributed by atoms with van der Waals surface area (Å²) in [5.74, 6) is 0.319. The van der Waals surface area contributed by atoms with E-state index in [0.29, 0.717) is 12.2 Å². The Bertz CT molecular complexity index is 1080. The monoisotopic (exact) mass is 386 g/mol. The van der Waals surface area contributed by atoms with Crippen molar-refractivity contribution >= 4 is 11.7 Å². The second-order valence-corrected chi connectivity index (χ2v) is 6.92. The zero-order valence-electron chi connectivity index (χ0n) is 16.4. The molecule has 0 unspecified atom stereocenters. The number of nitrogens with zero attached hydrogens (tertiary/aromatic N) is 4. The van der Waals surface area contributed by atoms with Gasteiger partial charge in [0.15, 0.2) is 6.10 Å². The first kappa shape index (κ1) is 18.8. The van der Waals surface area contributed by atoms with Crippen molar-refractivity contribution in [3.63, 3.8) is 0 Å². The van der Waals surface area contributed by atoms with Gasteiger partial charge in [-0.2, -0.15) is 10.1 Å². The maximum atomic E-state index is 12.7. The van der Waals surface area contributed by atoms with Crippen molar-refractivity contribution in [2.24, 2.45) is 0 Å². The van der Waals surface area contributed by atoms with Gasteiger partial charge in [-0.1, -0.05) is 60.7 Å². The summed E-state index contributed by atoms with van der Waals surface area (Å²) in [6, 6.07) is 19.6. The van der Waals surface area contributed by atoms with Crippen molar-refractivity contribution in [2.45, 2.75) is 32.8 Å². The summed E-state index contributed by atoms with van der Waals surface area (Å²) in [6.45, 7) is 3.90. The average molecular weight is 386 g/mol. The Morgan fingerprint density at radius 2 is 1.62 bits per heavy atom. The van der Waals surface area contributed by atoms with Crippen molar-refractivity contribution < 1.29 is 9.53 Å². The maximum Gasteiger partial charge on any atom is 0.307 e. The third kappa shape index (κ3) is 4.01. The van der Waals surface area contributed by atoms with Gasteiger partial charge in [0.05, 0.1) is 0 Å². The predicted octanol–water partition coefficient (Wildman–Crippen LogP) is 4.01. The number of fused-ring (bicyclic) bond motifs is 1. The first-order valence-electron chi connectivity index (χ1n) is 9.58. The van der Waals surface area contributed by atoms with Gasteiger partial charge in [0.25, 0.3) is 5.78 Å². The van der Waals surface area contributed by atoms with Crippen LogP contribution in [0.3, 0.4) is 0 Å². The average Bonchev–Trinajstić information content (AvgIpc) is 3.22. The molecular formula is C23H22N4O2. The molecule has 0 aliphatic heterocycles. The Kier molecular flexibility index (Phi) is 5.33. The molecule has 4 aromatic rings. The van der Waals surface area contributed by atoms with E-state index in [1.54, 1.807) is 4.52 Å². The third-order valence-corrected chi connectivity index (χ3v) is 5.02. The molecule has 6 heteroatoms. The van der Waals surface area contributed by atoms with Crippen molar-refractivity contribution in [3.8, 4) is 0 Å². The Balaban J connectivity index is 1.52. The number of aromatic nitrogens is 4. The minimum Gasteiger partial charge on any atom is -0.453 e. The highest BCUT2D eigenvalue weighted by atomic mass is 16.5. The Hall–Kier alpha value is -3.54. The zero-order valence-corrected chi connectivity index (χ0v) is 16.4. The lowest BCUT2D eigenvalue weighted by molar-refractivity contribution is -0.147. The lowest BCUT2D eigenvalue weighted by Gasteiger charge is -2.19. The first-order chi connectivity index (χ1) is 14.1. The van der Waals surface area contributed by atoms with E-state index in [9.17, 15) is 4.79 Å². The SMILES string of the molecule is Cc1nc2ncnn2c(C)c1CCC(=O)OC(c1ccccc1)c1ccccc1. The molecule has 2 aromatic heterocycles. The van der Waals surface area contributed by atoms with Crippen LogP contribution in [-0.4, -0.2) is 25.6 Å². The molecule has 0 aliphatic carbocycles. The van der Waals surface area contributed by atoms with E-state index in [1.165, 1.54) is 6.33 Å². The number of ether oxygens (including phenoxy) is 1. The standard InChI is InChI=1S/C23H22N4O2/c1-16-20(17(2)27-23(26-16)24-15-25-27)13-14-21(28)29-22(18-9-5-3-6-10-18)19-11-7-4-8-12-19/h3-12,15,22H,13-14H2,1-2H3. The van der Waals surface area contributed by atoms with E-state index >= 15 is 0 Å². The van der Waals surface area contributed by atoms with Crippen LogP contribution in [0.15, 0.2) is 67.0 Å². The van der Waals surface area contributed by atoms with Crippen LogP contribution in [0.4, 0.5) is 0 Å². The molecule has 0 amide bonds. The fourth-order valence-corrected chi connectivity index (χ4v) is 3.52. The number of hydrogen-bond donors (Lipinski definition) is 0. The van der Waals surface area contributed by atoms with Crippen molar-refractivity contribution in [1.29, 1.82) is 0 Å². The molecule has 0 N–H and O–H groups in total. The number of carbonyl (C=O) groups is 1. The molecular weight excluding hydrogens is 364 g/mol. The second kappa shape index (κ2) is 8.22. The molecule has 0 aliphatic rings. The second-order valence-electron chi connectivity index (χ2n) is 6.92. The molecule has 0 fully saturated rings. The van der Waals surface area contributed by atoms with E-state index in [2.05, 4.69) is 15.1 Å². The largest absolute Gasteiger partial charge is 0.453 e. The van der Waals surface area contributed by atoms with E-state index in [1.807, 2.05) is 74.5 Å². The van der Waals surface area contributed by atoms with Gasteiger partial charge in [-0.3, -0.25) is 4.79 Å².